The third-order valence-corrected chi connectivity index (χ3v) is 4.36. The van der Waals surface area contributed by atoms with E-state index in [0.717, 1.165) is 27.9 Å². The molecule has 0 bridgehead atoms. The van der Waals surface area contributed by atoms with E-state index >= 15 is 0 Å². The molecule has 2 aromatic carbocycles. The van der Waals surface area contributed by atoms with Crippen molar-refractivity contribution in [2.24, 2.45) is 0 Å². The molecule has 0 N–H and O–H groups in total. The van der Waals surface area contributed by atoms with Gasteiger partial charge in [0.15, 0.2) is 11.5 Å². The molecule has 0 amide bonds. The number of ether oxygens (including phenoxy) is 1. The number of para-hydroxylation sites is 1. The first kappa shape index (κ1) is 15.5. The van der Waals surface area contributed by atoms with Gasteiger partial charge in [0, 0.05) is 17.1 Å². The van der Waals surface area contributed by atoms with E-state index in [1.165, 1.54) is 0 Å². The van der Waals surface area contributed by atoms with E-state index in [0.29, 0.717) is 11.5 Å². The molecule has 0 aliphatic carbocycles. The average molecular weight is 353 g/mol. The second-order valence-electron chi connectivity index (χ2n) is 6.09. The second kappa shape index (κ2) is 6.49. The Balaban J connectivity index is 1.48. The van der Waals surface area contributed by atoms with Gasteiger partial charge in [-0.1, -0.05) is 42.5 Å². The summed E-state index contributed by atoms with van der Waals surface area (Å²) < 4.78 is 7.74. The van der Waals surface area contributed by atoms with Gasteiger partial charge in [-0.3, -0.25) is 4.98 Å². The molecular formula is C21H15N5O. The Labute approximate surface area is 155 Å². The Morgan fingerprint density at radius 3 is 2.59 bits per heavy atom. The quantitative estimate of drug-likeness (QED) is 0.490. The molecule has 130 valence electrons. The van der Waals surface area contributed by atoms with Crippen molar-refractivity contribution in [1.82, 2.24) is 24.8 Å². The number of hydrogen-bond acceptors (Lipinski definition) is 5. The highest BCUT2D eigenvalue weighted by Crippen LogP contribution is 2.24. The van der Waals surface area contributed by atoms with Crippen molar-refractivity contribution < 1.29 is 4.74 Å². The standard InChI is InChI=1S/C21H15N5O/c1-2-6-15(7-3-1)17-10-11-20-23-24-21(26(20)25-17)14-27-19-12-13-22-18-9-5-4-8-16(18)19/h1-13H,14H2. The number of pyridine rings is 1. The van der Waals surface area contributed by atoms with Crippen LogP contribution in [0.5, 0.6) is 5.75 Å². The van der Waals surface area contributed by atoms with E-state index in [1.54, 1.807) is 10.7 Å². The normalized spacial score (nSPS) is 11.1. The molecule has 3 heterocycles. The highest BCUT2D eigenvalue weighted by molar-refractivity contribution is 5.84. The molecule has 6 nitrogen and oxygen atoms in total. The van der Waals surface area contributed by atoms with Crippen LogP contribution in [0.1, 0.15) is 5.82 Å². The minimum Gasteiger partial charge on any atom is -0.485 e. The molecule has 5 rings (SSSR count). The van der Waals surface area contributed by atoms with Crippen LogP contribution in [0.2, 0.25) is 0 Å². The number of benzene rings is 2. The summed E-state index contributed by atoms with van der Waals surface area (Å²) in [7, 11) is 0. The van der Waals surface area contributed by atoms with Crippen LogP contribution in [0.3, 0.4) is 0 Å². The number of fused-ring (bicyclic) bond motifs is 2. The first-order valence-electron chi connectivity index (χ1n) is 8.62. The highest BCUT2D eigenvalue weighted by Gasteiger charge is 2.10. The van der Waals surface area contributed by atoms with Crippen LogP contribution >= 0.6 is 0 Å². The summed E-state index contributed by atoms with van der Waals surface area (Å²) in [5.41, 5.74) is 3.48. The van der Waals surface area contributed by atoms with Crippen molar-refractivity contribution >= 4 is 16.6 Å². The van der Waals surface area contributed by atoms with E-state index in [9.17, 15) is 0 Å². The maximum atomic E-state index is 6.01. The van der Waals surface area contributed by atoms with Crippen molar-refractivity contribution in [3.63, 3.8) is 0 Å². The molecule has 27 heavy (non-hydrogen) atoms. The van der Waals surface area contributed by atoms with Crippen molar-refractivity contribution in [2.45, 2.75) is 6.61 Å². The number of nitrogens with zero attached hydrogens (tertiary/aromatic N) is 5. The van der Waals surface area contributed by atoms with Crippen molar-refractivity contribution in [1.29, 1.82) is 0 Å². The third-order valence-electron chi connectivity index (χ3n) is 4.36. The Kier molecular flexibility index (Phi) is 3.72. The molecule has 5 aromatic rings. The van der Waals surface area contributed by atoms with Gasteiger partial charge in [-0.15, -0.1) is 10.2 Å². The fourth-order valence-electron chi connectivity index (χ4n) is 3.02. The molecule has 0 unspecified atom stereocenters. The van der Waals surface area contributed by atoms with Gasteiger partial charge in [-0.25, -0.2) is 0 Å². The molecule has 6 heteroatoms. The van der Waals surface area contributed by atoms with Crippen LogP contribution in [0, 0.1) is 0 Å². The SMILES string of the molecule is c1ccc(-c2ccc3nnc(COc4ccnc5ccccc45)n3n2)cc1. The Morgan fingerprint density at radius 2 is 1.67 bits per heavy atom. The summed E-state index contributed by atoms with van der Waals surface area (Å²) in [5.74, 6) is 1.40. The largest absolute Gasteiger partial charge is 0.485 e. The van der Waals surface area contributed by atoms with Gasteiger partial charge in [0.25, 0.3) is 0 Å². The maximum Gasteiger partial charge on any atom is 0.192 e. The number of aromatic nitrogens is 5. The van der Waals surface area contributed by atoms with Crippen LogP contribution in [0.25, 0.3) is 27.8 Å². The van der Waals surface area contributed by atoms with Gasteiger partial charge in [0.05, 0.1) is 11.2 Å². The first-order chi connectivity index (χ1) is 13.4. The van der Waals surface area contributed by atoms with Crippen molar-refractivity contribution in [3.8, 4) is 17.0 Å². The first-order valence-corrected chi connectivity index (χ1v) is 8.62. The van der Waals surface area contributed by atoms with E-state index in [4.69, 9.17) is 4.74 Å². The Hall–Kier alpha value is -3.80. The monoisotopic (exact) mass is 353 g/mol. The molecular weight excluding hydrogens is 338 g/mol. The number of rotatable bonds is 4. The molecule has 0 radical (unpaired) electrons. The molecule has 0 aliphatic heterocycles. The topological polar surface area (TPSA) is 65.2 Å². The Bertz CT molecular complexity index is 1230. The van der Waals surface area contributed by atoms with E-state index in [2.05, 4.69) is 20.3 Å². The minimum absolute atomic E-state index is 0.264. The summed E-state index contributed by atoms with van der Waals surface area (Å²) >= 11 is 0. The second-order valence-corrected chi connectivity index (χ2v) is 6.09. The van der Waals surface area contributed by atoms with Gasteiger partial charge in [-0.05, 0) is 30.3 Å². The minimum atomic E-state index is 0.264. The molecule has 0 aliphatic rings. The zero-order chi connectivity index (χ0) is 18.1. The van der Waals surface area contributed by atoms with E-state index in [1.807, 2.05) is 72.8 Å². The molecule has 0 saturated heterocycles. The van der Waals surface area contributed by atoms with Gasteiger partial charge < -0.3 is 4.74 Å². The maximum absolute atomic E-state index is 6.01. The molecule has 0 fully saturated rings. The molecule has 0 spiro atoms. The highest BCUT2D eigenvalue weighted by atomic mass is 16.5. The van der Waals surface area contributed by atoms with Crippen LogP contribution in [-0.2, 0) is 6.61 Å². The lowest BCUT2D eigenvalue weighted by Crippen LogP contribution is -2.05. The fourth-order valence-corrected chi connectivity index (χ4v) is 3.02. The predicted molar refractivity (Wildman–Crippen MR) is 102 cm³/mol. The van der Waals surface area contributed by atoms with Crippen molar-refractivity contribution in [3.05, 3.63) is 84.8 Å². The van der Waals surface area contributed by atoms with E-state index in [-0.39, 0.29) is 6.61 Å². The van der Waals surface area contributed by atoms with Crippen LogP contribution in [-0.4, -0.2) is 24.8 Å². The van der Waals surface area contributed by atoms with Gasteiger partial charge in [0.1, 0.15) is 12.4 Å². The lowest BCUT2D eigenvalue weighted by atomic mass is 10.1. The van der Waals surface area contributed by atoms with Gasteiger partial charge >= 0.3 is 0 Å². The molecule has 0 atom stereocenters. The average Bonchev–Trinajstić information content (AvgIpc) is 3.15. The summed E-state index contributed by atoms with van der Waals surface area (Å²) in [5, 5.41) is 14.1. The zero-order valence-corrected chi connectivity index (χ0v) is 14.4. The third kappa shape index (κ3) is 2.87. The molecule has 3 aromatic heterocycles. The summed E-state index contributed by atoms with van der Waals surface area (Å²) in [4.78, 5) is 4.36. The lowest BCUT2D eigenvalue weighted by molar-refractivity contribution is 0.296. The summed E-state index contributed by atoms with van der Waals surface area (Å²) in [6.07, 6.45) is 1.74. The zero-order valence-electron chi connectivity index (χ0n) is 14.4. The van der Waals surface area contributed by atoms with Crippen LogP contribution in [0.15, 0.2) is 79.0 Å². The summed E-state index contributed by atoms with van der Waals surface area (Å²) in [6, 6.07) is 23.6. The fraction of sp³-hybridized carbons (Fsp3) is 0.0476. The van der Waals surface area contributed by atoms with Crippen LogP contribution < -0.4 is 4.74 Å². The predicted octanol–water partition coefficient (Wildman–Crippen LogP) is 3.92. The smallest absolute Gasteiger partial charge is 0.192 e. The van der Waals surface area contributed by atoms with Crippen LogP contribution in [0.4, 0.5) is 0 Å². The lowest BCUT2D eigenvalue weighted by Gasteiger charge is -2.08. The van der Waals surface area contributed by atoms with Gasteiger partial charge in [-0.2, -0.15) is 9.61 Å². The van der Waals surface area contributed by atoms with E-state index < -0.39 is 0 Å². The van der Waals surface area contributed by atoms with Crippen molar-refractivity contribution in [2.75, 3.05) is 0 Å². The Morgan fingerprint density at radius 1 is 0.815 bits per heavy atom. The number of hydrogen-bond donors (Lipinski definition) is 0. The molecule has 0 saturated carbocycles. The summed E-state index contributed by atoms with van der Waals surface area (Å²) in [6.45, 7) is 0.264. The van der Waals surface area contributed by atoms with Gasteiger partial charge in [0.2, 0.25) is 0 Å².